The van der Waals surface area contributed by atoms with Crippen molar-refractivity contribution in [2.45, 2.75) is 52.0 Å². The number of carbonyl (C=O) groups is 2. The van der Waals surface area contributed by atoms with Gasteiger partial charge in [-0.05, 0) is 51.4 Å². The van der Waals surface area contributed by atoms with Gasteiger partial charge in [-0.25, -0.2) is 9.79 Å². The van der Waals surface area contributed by atoms with E-state index in [1.54, 1.807) is 23.9 Å². The molecule has 0 aromatic rings. The molecule has 180 valence electrons. The molecule has 2 amide bonds. The molecular formula is C21H40IN5O4. The lowest BCUT2D eigenvalue weighted by molar-refractivity contribution is -0.127. The third kappa shape index (κ3) is 9.80. The number of nitrogens with one attached hydrogen (secondary N) is 2. The van der Waals surface area contributed by atoms with E-state index in [-0.39, 0.29) is 54.0 Å². The quantitative estimate of drug-likeness (QED) is 0.186. The second-order valence-corrected chi connectivity index (χ2v) is 8.36. The monoisotopic (exact) mass is 553 g/mol. The third-order valence-corrected chi connectivity index (χ3v) is 5.80. The molecule has 31 heavy (non-hydrogen) atoms. The summed E-state index contributed by atoms with van der Waals surface area (Å²) in [6.07, 6.45) is 4.80. The van der Waals surface area contributed by atoms with Gasteiger partial charge >= 0.3 is 6.09 Å². The van der Waals surface area contributed by atoms with Crippen LogP contribution in [0.5, 0.6) is 0 Å². The highest BCUT2D eigenvalue weighted by molar-refractivity contribution is 14.0. The lowest BCUT2D eigenvalue weighted by Gasteiger charge is -2.32. The van der Waals surface area contributed by atoms with Crippen LogP contribution in [0.2, 0.25) is 0 Å². The number of guanidine groups is 1. The van der Waals surface area contributed by atoms with Gasteiger partial charge < -0.3 is 29.9 Å². The van der Waals surface area contributed by atoms with E-state index in [1.165, 1.54) is 12.8 Å². The number of likely N-dealkylation sites (tertiary alicyclic amines) is 1. The van der Waals surface area contributed by atoms with Gasteiger partial charge in [-0.3, -0.25) is 4.79 Å². The van der Waals surface area contributed by atoms with Crippen molar-refractivity contribution in [3.05, 3.63) is 0 Å². The number of carbonyl (C=O) groups excluding carboxylic acids is 2. The number of amides is 2. The van der Waals surface area contributed by atoms with Gasteiger partial charge in [-0.15, -0.1) is 24.0 Å². The minimum Gasteiger partial charge on any atom is -0.450 e. The molecule has 2 fully saturated rings. The molecule has 2 N–H and O–H groups in total. The van der Waals surface area contributed by atoms with E-state index >= 15 is 0 Å². The lowest BCUT2D eigenvalue weighted by atomic mass is 10.0. The normalized spacial score (nSPS) is 18.1. The molecule has 0 unspecified atom stereocenters. The number of rotatable bonds is 10. The SMILES string of the molecule is CCOCCC1(CNC(=NCC(=O)N(C)C)NC2CCN(C(=O)OCC)CC2)CC1.I. The Morgan fingerprint density at radius 1 is 1.16 bits per heavy atom. The number of ether oxygens (including phenoxy) is 2. The van der Waals surface area contributed by atoms with Gasteiger partial charge in [-0.2, -0.15) is 0 Å². The molecule has 1 saturated carbocycles. The van der Waals surface area contributed by atoms with Crippen LogP contribution in [-0.2, 0) is 14.3 Å². The summed E-state index contributed by atoms with van der Waals surface area (Å²) in [4.78, 5) is 31.7. The first-order chi connectivity index (χ1) is 14.4. The van der Waals surface area contributed by atoms with E-state index in [0.717, 1.165) is 39.0 Å². The molecule has 1 aliphatic carbocycles. The average molecular weight is 553 g/mol. The maximum Gasteiger partial charge on any atom is 0.409 e. The second kappa shape index (κ2) is 14.0. The van der Waals surface area contributed by atoms with Crippen molar-refractivity contribution in [1.82, 2.24) is 20.4 Å². The Kier molecular flexibility index (Phi) is 12.5. The molecule has 0 radical (unpaired) electrons. The van der Waals surface area contributed by atoms with Crippen LogP contribution in [0.4, 0.5) is 4.79 Å². The number of nitrogens with zero attached hydrogens (tertiary/aromatic N) is 3. The van der Waals surface area contributed by atoms with Crippen LogP contribution < -0.4 is 10.6 Å². The van der Waals surface area contributed by atoms with Gasteiger partial charge in [0, 0.05) is 53.0 Å². The number of aliphatic imine (C=N–C) groups is 1. The largest absolute Gasteiger partial charge is 0.450 e. The minimum atomic E-state index is -0.246. The molecule has 2 rings (SSSR count). The van der Waals surface area contributed by atoms with Crippen LogP contribution in [0.15, 0.2) is 4.99 Å². The maximum atomic E-state index is 12.0. The highest BCUT2D eigenvalue weighted by Gasteiger charge is 2.42. The average Bonchev–Trinajstić information content (AvgIpc) is 3.50. The number of piperidine rings is 1. The van der Waals surface area contributed by atoms with Crippen LogP contribution in [0.1, 0.15) is 46.0 Å². The van der Waals surface area contributed by atoms with E-state index in [9.17, 15) is 9.59 Å². The van der Waals surface area contributed by atoms with Gasteiger partial charge in [0.2, 0.25) is 5.91 Å². The summed E-state index contributed by atoms with van der Waals surface area (Å²) >= 11 is 0. The predicted molar refractivity (Wildman–Crippen MR) is 132 cm³/mol. The van der Waals surface area contributed by atoms with Gasteiger partial charge in [0.05, 0.1) is 6.61 Å². The summed E-state index contributed by atoms with van der Waals surface area (Å²) in [5, 5.41) is 6.92. The van der Waals surface area contributed by atoms with E-state index in [4.69, 9.17) is 9.47 Å². The summed E-state index contributed by atoms with van der Waals surface area (Å²) in [6.45, 7) is 7.98. The van der Waals surface area contributed by atoms with E-state index in [1.807, 2.05) is 13.8 Å². The van der Waals surface area contributed by atoms with Gasteiger partial charge in [0.25, 0.3) is 0 Å². The molecule has 10 heteroatoms. The molecule has 1 saturated heterocycles. The zero-order valence-corrected chi connectivity index (χ0v) is 21.8. The number of hydrogen-bond acceptors (Lipinski definition) is 5. The lowest BCUT2D eigenvalue weighted by Crippen LogP contribution is -2.51. The summed E-state index contributed by atoms with van der Waals surface area (Å²) < 4.78 is 10.6. The van der Waals surface area contributed by atoms with Crippen LogP contribution >= 0.6 is 24.0 Å². The van der Waals surface area contributed by atoms with Gasteiger partial charge in [0.15, 0.2) is 5.96 Å². The van der Waals surface area contributed by atoms with Crippen molar-refractivity contribution in [1.29, 1.82) is 0 Å². The number of hydrogen-bond donors (Lipinski definition) is 2. The minimum absolute atomic E-state index is 0. The number of halogens is 1. The van der Waals surface area contributed by atoms with Crippen LogP contribution in [0.3, 0.4) is 0 Å². The Hall–Kier alpha value is -1.30. The van der Waals surface area contributed by atoms with Gasteiger partial charge in [0.1, 0.15) is 6.54 Å². The van der Waals surface area contributed by atoms with Crippen LogP contribution in [-0.4, -0.2) is 93.9 Å². The Labute approximate surface area is 203 Å². The molecule has 0 aromatic heterocycles. The van der Waals surface area contributed by atoms with Crippen molar-refractivity contribution < 1.29 is 19.1 Å². The van der Waals surface area contributed by atoms with Crippen molar-refractivity contribution in [3.63, 3.8) is 0 Å². The summed E-state index contributed by atoms with van der Waals surface area (Å²) in [6, 6.07) is 0.204. The van der Waals surface area contributed by atoms with Crippen molar-refractivity contribution in [2.24, 2.45) is 10.4 Å². The van der Waals surface area contributed by atoms with E-state index in [2.05, 4.69) is 15.6 Å². The molecule has 0 bridgehead atoms. The van der Waals surface area contributed by atoms with Gasteiger partial charge in [-0.1, -0.05) is 0 Å². The fourth-order valence-corrected chi connectivity index (χ4v) is 3.45. The van der Waals surface area contributed by atoms with Crippen LogP contribution in [0.25, 0.3) is 0 Å². The molecule has 0 aromatic carbocycles. The highest BCUT2D eigenvalue weighted by Crippen LogP contribution is 2.48. The van der Waals surface area contributed by atoms with E-state index in [0.29, 0.717) is 25.7 Å². The Morgan fingerprint density at radius 2 is 1.84 bits per heavy atom. The van der Waals surface area contributed by atoms with Crippen molar-refractivity contribution in [2.75, 3.05) is 60.1 Å². The molecule has 0 atom stereocenters. The molecular weight excluding hydrogens is 513 g/mol. The first-order valence-electron chi connectivity index (χ1n) is 11.1. The zero-order chi connectivity index (χ0) is 22.0. The number of likely N-dealkylation sites (N-methyl/N-ethyl adjacent to an activating group) is 1. The second-order valence-electron chi connectivity index (χ2n) is 8.36. The molecule has 2 aliphatic rings. The predicted octanol–water partition coefficient (Wildman–Crippen LogP) is 2.06. The summed E-state index contributed by atoms with van der Waals surface area (Å²) in [5.41, 5.74) is 0.274. The van der Waals surface area contributed by atoms with Crippen molar-refractivity contribution >= 4 is 41.9 Å². The maximum absolute atomic E-state index is 12.0. The van der Waals surface area contributed by atoms with Crippen molar-refractivity contribution in [3.8, 4) is 0 Å². The topological polar surface area (TPSA) is 95.5 Å². The fraction of sp³-hybridized carbons (Fsp3) is 0.857. The fourth-order valence-electron chi connectivity index (χ4n) is 3.45. The highest BCUT2D eigenvalue weighted by atomic mass is 127. The zero-order valence-electron chi connectivity index (χ0n) is 19.4. The molecule has 9 nitrogen and oxygen atoms in total. The molecule has 0 spiro atoms. The molecule has 1 heterocycles. The Morgan fingerprint density at radius 3 is 2.39 bits per heavy atom. The first-order valence-corrected chi connectivity index (χ1v) is 11.1. The first kappa shape index (κ1) is 27.7. The third-order valence-electron chi connectivity index (χ3n) is 5.80. The Balaban J connectivity index is 0.00000480. The summed E-state index contributed by atoms with van der Waals surface area (Å²) in [7, 11) is 3.47. The van der Waals surface area contributed by atoms with Crippen LogP contribution in [0, 0.1) is 5.41 Å². The Bertz CT molecular complexity index is 590. The van der Waals surface area contributed by atoms with E-state index < -0.39 is 0 Å². The smallest absolute Gasteiger partial charge is 0.409 e. The summed E-state index contributed by atoms with van der Waals surface area (Å²) in [5.74, 6) is 0.633. The standard InChI is InChI=1S/C21H39N5O4.HI/c1-5-29-14-11-21(9-10-21)16-23-19(22-15-18(27)25(3)4)24-17-7-12-26(13-8-17)20(28)30-6-2;/h17H,5-16H2,1-4H3,(H2,22,23,24);1H. The molecule has 1 aliphatic heterocycles.